The molecule has 0 saturated carbocycles. The summed E-state index contributed by atoms with van der Waals surface area (Å²) >= 11 is 1.60. The van der Waals surface area contributed by atoms with Gasteiger partial charge in [0.05, 0.1) is 17.4 Å². The molecule has 0 bridgehead atoms. The zero-order valence-electron chi connectivity index (χ0n) is 13.1. The summed E-state index contributed by atoms with van der Waals surface area (Å²) < 4.78 is 2.09. The lowest BCUT2D eigenvalue weighted by Gasteiger charge is -2.14. The van der Waals surface area contributed by atoms with E-state index < -0.39 is 0 Å². The van der Waals surface area contributed by atoms with Gasteiger partial charge >= 0.3 is 0 Å². The Morgan fingerprint density at radius 1 is 1.04 bits per heavy atom. The molecule has 0 aliphatic rings. The van der Waals surface area contributed by atoms with E-state index in [-0.39, 0.29) is 6.04 Å². The van der Waals surface area contributed by atoms with Crippen LogP contribution < -0.4 is 0 Å². The Bertz CT molecular complexity index is 930. The Labute approximate surface area is 143 Å². The second-order valence-electron chi connectivity index (χ2n) is 5.37. The molecule has 0 aliphatic heterocycles. The number of nitrogens with zero attached hydrogens (tertiary/aromatic N) is 5. The summed E-state index contributed by atoms with van der Waals surface area (Å²) in [6.07, 6.45) is 7.09. The smallest absolute Gasteiger partial charge is 0.169 e. The number of rotatable bonds is 4. The molecule has 0 spiro atoms. The average Bonchev–Trinajstić information content (AvgIpc) is 3.32. The van der Waals surface area contributed by atoms with Gasteiger partial charge in [0.15, 0.2) is 10.8 Å². The lowest BCUT2D eigenvalue weighted by molar-refractivity contribution is 0.624. The topological polar surface area (TPSA) is 56.5 Å². The van der Waals surface area contributed by atoms with Crippen molar-refractivity contribution < 1.29 is 0 Å². The van der Waals surface area contributed by atoms with Crippen LogP contribution in [-0.2, 0) is 0 Å². The Morgan fingerprint density at radius 2 is 1.92 bits per heavy atom. The van der Waals surface area contributed by atoms with E-state index in [1.165, 1.54) is 0 Å². The summed E-state index contributed by atoms with van der Waals surface area (Å²) in [6, 6.07) is 12.2. The second-order valence-corrected chi connectivity index (χ2v) is 6.23. The van der Waals surface area contributed by atoms with Crippen molar-refractivity contribution in [3.05, 3.63) is 72.4 Å². The van der Waals surface area contributed by atoms with Gasteiger partial charge in [-0.25, -0.2) is 19.9 Å². The van der Waals surface area contributed by atoms with Gasteiger partial charge in [-0.2, -0.15) is 0 Å². The van der Waals surface area contributed by atoms with E-state index in [4.69, 9.17) is 4.98 Å². The summed E-state index contributed by atoms with van der Waals surface area (Å²) in [5.74, 6) is 0.855. The van der Waals surface area contributed by atoms with Gasteiger partial charge in [0.2, 0.25) is 0 Å². The minimum Gasteiger partial charge on any atom is -0.320 e. The molecule has 3 heterocycles. The van der Waals surface area contributed by atoms with Crippen molar-refractivity contribution in [1.29, 1.82) is 0 Å². The van der Waals surface area contributed by atoms with Crippen molar-refractivity contribution >= 4 is 11.3 Å². The molecule has 3 aromatic heterocycles. The molecule has 118 valence electrons. The summed E-state index contributed by atoms with van der Waals surface area (Å²) in [4.78, 5) is 17.6. The van der Waals surface area contributed by atoms with Gasteiger partial charge < -0.3 is 4.57 Å². The van der Waals surface area contributed by atoms with Crippen molar-refractivity contribution in [1.82, 2.24) is 24.5 Å². The van der Waals surface area contributed by atoms with Crippen LogP contribution in [0.25, 0.3) is 22.1 Å². The Kier molecular flexibility index (Phi) is 3.88. The van der Waals surface area contributed by atoms with Crippen molar-refractivity contribution in [2.45, 2.75) is 13.0 Å². The third kappa shape index (κ3) is 2.72. The third-order valence-corrected chi connectivity index (χ3v) is 4.72. The monoisotopic (exact) mass is 333 g/mol. The quantitative estimate of drug-likeness (QED) is 0.565. The highest BCUT2D eigenvalue weighted by Crippen LogP contribution is 2.30. The predicted octanol–water partition coefficient (Wildman–Crippen LogP) is 4.07. The maximum atomic E-state index is 4.76. The Balaban J connectivity index is 1.70. The number of hydrogen-bond donors (Lipinski definition) is 0. The van der Waals surface area contributed by atoms with E-state index in [1.54, 1.807) is 30.1 Å². The summed E-state index contributed by atoms with van der Waals surface area (Å²) in [6.45, 7) is 2.10. The normalized spacial score (nSPS) is 12.2. The lowest BCUT2D eigenvalue weighted by Crippen LogP contribution is -2.09. The van der Waals surface area contributed by atoms with E-state index in [0.717, 1.165) is 27.8 Å². The van der Waals surface area contributed by atoms with Gasteiger partial charge in [-0.15, -0.1) is 11.3 Å². The first-order valence-electron chi connectivity index (χ1n) is 7.63. The van der Waals surface area contributed by atoms with Crippen LogP contribution in [0.3, 0.4) is 0 Å². The number of imidazole rings is 1. The molecule has 1 aromatic carbocycles. The summed E-state index contributed by atoms with van der Waals surface area (Å²) in [7, 11) is 0. The fraction of sp³-hybridized carbons (Fsp3) is 0.111. The highest BCUT2D eigenvalue weighted by Gasteiger charge is 2.17. The summed E-state index contributed by atoms with van der Waals surface area (Å²) in [5.41, 5.74) is 3.03. The maximum Gasteiger partial charge on any atom is 0.169 e. The largest absolute Gasteiger partial charge is 0.320 e. The van der Waals surface area contributed by atoms with E-state index in [2.05, 4.69) is 44.0 Å². The number of hydrogen-bond acceptors (Lipinski definition) is 5. The molecule has 4 aromatic rings. The molecule has 0 radical (unpaired) electrons. The SMILES string of the molecule is C[C@H](c1ccncn1)n1ccnc1-c1nc(-c2ccccc2)cs1. The van der Waals surface area contributed by atoms with Gasteiger partial charge in [0, 0.05) is 29.5 Å². The van der Waals surface area contributed by atoms with Crippen molar-refractivity contribution in [3.63, 3.8) is 0 Å². The van der Waals surface area contributed by atoms with E-state index in [1.807, 2.05) is 30.5 Å². The van der Waals surface area contributed by atoms with Gasteiger partial charge in [-0.1, -0.05) is 30.3 Å². The summed E-state index contributed by atoms with van der Waals surface area (Å²) in [5, 5.41) is 2.97. The fourth-order valence-electron chi connectivity index (χ4n) is 2.60. The maximum absolute atomic E-state index is 4.76. The molecular weight excluding hydrogens is 318 g/mol. The molecular formula is C18H15N5S. The first-order valence-corrected chi connectivity index (χ1v) is 8.51. The van der Waals surface area contributed by atoms with E-state index >= 15 is 0 Å². The molecule has 0 saturated heterocycles. The van der Waals surface area contributed by atoms with Gasteiger partial charge in [0.1, 0.15) is 6.33 Å². The van der Waals surface area contributed by atoms with Crippen molar-refractivity contribution in [2.75, 3.05) is 0 Å². The zero-order valence-corrected chi connectivity index (χ0v) is 13.9. The highest BCUT2D eigenvalue weighted by molar-refractivity contribution is 7.13. The molecule has 4 rings (SSSR count). The minimum absolute atomic E-state index is 0.0644. The highest BCUT2D eigenvalue weighted by atomic mass is 32.1. The van der Waals surface area contributed by atoms with Crippen LogP contribution >= 0.6 is 11.3 Å². The van der Waals surface area contributed by atoms with Crippen LogP contribution in [0.1, 0.15) is 18.7 Å². The first kappa shape index (κ1) is 14.7. The van der Waals surface area contributed by atoms with E-state index in [0.29, 0.717) is 0 Å². The molecule has 0 unspecified atom stereocenters. The van der Waals surface area contributed by atoms with Crippen molar-refractivity contribution in [3.8, 4) is 22.1 Å². The molecule has 6 heteroatoms. The molecule has 1 atom stereocenters. The average molecular weight is 333 g/mol. The first-order chi connectivity index (χ1) is 11.8. The molecule has 0 amide bonds. The Hall–Kier alpha value is -2.86. The van der Waals surface area contributed by atoms with Crippen LogP contribution in [0.15, 0.2) is 66.7 Å². The van der Waals surface area contributed by atoms with Gasteiger partial charge in [0.25, 0.3) is 0 Å². The second kappa shape index (κ2) is 6.33. The zero-order chi connectivity index (χ0) is 16.4. The predicted molar refractivity (Wildman–Crippen MR) is 94.6 cm³/mol. The van der Waals surface area contributed by atoms with Crippen molar-refractivity contribution in [2.24, 2.45) is 0 Å². The molecule has 0 fully saturated rings. The molecule has 24 heavy (non-hydrogen) atoms. The van der Waals surface area contributed by atoms with Crippen LogP contribution in [-0.4, -0.2) is 24.5 Å². The van der Waals surface area contributed by atoms with Gasteiger partial charge in [-0.05, 0) is 13.0 Å². The minimum atomic E-state index is 0.0644. The standard InChI is InChI=1S/C18H15N5S/c1-13(15-7-8-19-12-21-15)23-10-9-20-17(23)18-22-16(11-24-18)14-5-3-2-4-6-14/h2-13H,1H3/t13-/m1/s1. The van der Waals surface area contributed by atoms with Crippen LogP contribution in [0.2, 0.25) is 0 Å². The van der Waals surface area contributed by atoms with E-state index in [9.17, 15) is 0 Å². The Morgan fingerprint density at radius 3 is 2.71 bits per heavy atom. The van der Waals surface area contributed by atoms with Crippen LogP contribution in [0, 0.1) is 0 Å². The van der Waals surface area contributed by atoms with Crippen LogP contribution in [0.5, 0.6) is 0 Å². The number of thiazole rings is 1. The molecule has 0 N–H and O–H groups in total. The fourth-order valence-corrected chi connectivity index (χ4v) is 3.43. The number of aromatic nitrogens is 5. The molecule has 0 aliphatic carbocycles. The lowest BCUT2D eigenvalue weighted by atomic mass is 10.2. The van der Waals surface area contributed by atoms with Gasteiger partial charge in [-0.3, -0.25) is 0 Å². The van der Waals surface area contributed by atoms with Crippen LogP contribution in [0.4, 0.5) is 0 Å². The molecule has 5 nitrogen and oxygen atoms in total. The third-order valence-electron chi connectivity index (χ3n) is 3.88. The number of benzene rings is 1.